The van der Waals surface area contributed by atoms with Gasteiger partial charge in [-0.3, -0.25) is 9.36 Å². The highest BCUT2D eigenvalue weighted by atomic mass is 32.2. The number of nitrogens with one attached hydrogen (secondary N) is 1. The molecule has 0 fully saturated rings. The summed E-state index contributed by atoms with van der Waals surface area (Å²) in [4.78, 5) is 12.7. The molecule has 4 aromatic rings. The molecule has 0 spiro atoms. The van der Waals surface area contributed by atoms with Gasteiger partial charge in [0.15, 0.2) is 11.0 Å². The zero-order valence-electron chi connectivity index (χ0n) is 17.2. The number of hydrogen-bond acceptors (Lipinski definition) is 6. The van der Waals surface area contributed by atoms with E-state index >= 15 is 0 Å². The fraction of sp³-hybridized carbons (Fsp3) is 0.174. The van der Waals surface area contributed by atoms with Crippen LogP contribution in [0.3, 0.4) is 0 Å². The van der Waals surface area contributed by atoms with E-state index in [-0.39, 0.29) is 11.2 Å². The van der Waals surface area contributed by atoms with Gasteiger partial charge in [-0.1, -0.05) is 30.0 Å². The Balaban J connectivity index is 1.58. The number of carbonyl (C=O) groups excluding carboxylic acids is 1. The van der Waals surface area contributed by atoms with Gasteiger partial charge in [0.1, 0.15) is 11.5 Å². The van der Waals surface area contributed by atoms with Crippen molar-refractivity contribution in [2.24, 2.45) is 0 Å². The first-order chi connectivity index (χ1) is 15.1. The third kappa shape index (κ3) is 4.97. The van der Waals surface area contributed by atoms with Gasteiger partial charge in [0.2, 0.25) is 5.91 Å². The Morgan fingerprint density at radius 1 is 1.10 bits per heavy atom. The van der Waals surface area contributed by atoms with Crippen molar-refractivity contribution in [1.82, 2.24) is 14.8 Å². The molecule has 7 nitrogen and oxygen atoms in total. The van der Waals surface area contributed by atoms with Gasteiger partial charge in [0, 0.05) is 11.3 Å². The predicted molar refractivity (Wildman–Crippen MR) is 120 cm³/mol. The molecule has 0 saturated carbocycles. The van der Waals surface area contributed by atoms with Crippen molar-refractivity contribution >= 4 is 23.4 Å². The first-order valence-corrected chi connectivity index (χ1v) is 10.6. The van der Waals surface area contributed by atoms with E-state index < -0.39 is 0 Å². The number of amides is 1. The Hall–Kier alpha value is -3.52. The Morgan fingerprint density at radius 2 is 1.87 bits per heavy atom. The average molecular weight is 435 g/mol. The highest BCUT2D eigenvalue weighted by Crippen LogP contribution is 2.29. The molecule has 8 heteroatoms. The minimum absolute atomic E-state index is 0.102. The van der Waals surface area contributed by atoms with Gasteiger partial charge in [0.25, 0.3) is 0 Å². The molecule has 4 rings (SSSR count). The van der Waals surface area contributed by atoms with Gasteiger partial charge in [-0.25, -0.2) is 0 Å². The highest BCUT2D eigenvalue weighted by Gasteiger charge is 2.22. The van der Waals surface area contributed by atoms with E-state index in [1.807, 2.05) is 78.2 Å². The number of ether oxygens (including phenoxy) is 1. The topological polar surface area (TPSA) is 82.2 Å². The Morgan fingerprint density at radius 3 is 2.55 bits per heavy atom. The molecule has 31 heavy (non-hydrogen) atoms. The normalized spacial score (nSPS) is 11.8. The van der Waals surface area contributed by atoms with Crippen LogP contribution in [0.2, 0.25) is 0 Å². The lowest BCUT2D eigenvalue weighted by molar-refractivity contribution is -0.115. The number of benzene rings is 2. The predicted octanol–water partition coefficient (Wildman–Crippen LogP) is 4.71. The average Bonchev–Trinajstić information content (AvgIpc) is 3.45. The fourth-order valence-electron chi connectivity index (χ4n) is 3.01. The minimum Gasteiger partial charge on any atom is -0.497 e. The second-order valence-corrected chi connectivity index (χ2v) is 8.12. The molecule has 158 valence electrons. The summed E-state index contributed by atoms with van der Waals surface area (Å²) in [5.74, 6) is 2.13. The molecule has 2 aromatic heterocycles. The molecule has 1 atom stereocenters. The maximum absolute atomic E-state index is 12.7. The molecule has 2 aromatic carbocycles. The van der Waals surface area contributed by atoms with E-state index in [1.165, 1.54) is 11.8 Å². The number of nitrogens with zero attached hydrogens (tertiary/aromatic N) is 3. The lowest BCUT2D eigenvalue weighted by Gasteiger charge is -2.13. The van der Waals surface area contributed by atoms with Gasteiger partial charge in [-0.05, 0) is 55.5 Å². The van der Waals surface area contributed by atoms with Crippen LogP contribution in [0.1, 0.15) is 12.7 Å². The van der Waals surface area contributed by atoms with Crippen LogP contribution in [-0.2, 0) is 11.3 Å². The molecule has 0 saturated heterocycles. The van der Waals surface area contributed by atoms with Crippen LogP contribution in [0.25, 0.3) is 11.4 Å². The van der Waals surface area contributed by atoms with Gasteiger partial charge in [-0.2, -0.15) is 0 Å². The lowest BCUT2D eigenvalue weighted by atomic mass is 10.2. The summed E-state index contributed by atoms with van der Waals surface area (Å²) in [6, 6.07) is 20.8. The molecule has 2 heterocycles. The number of furan rings is 1. The Kier molecular flexibility index (Phi) is 6.37. The summed E-state index contributed by atoms with van der Waals surface area (Å²) >= 11 is 1.35. The van der Waals surface area contributed by atoms with Crippen LogP contribution in [0, 0.1) is 0 Å². The molecule has 0 aliphatic carbocycles. The van der Waals surface area contributed by atoms with E-state index in [0.29, 0.717) is 17.5 Å². The monoisotopic (exact) mass is 434 g/mol. The molecular formula is C23H22N4O3S. The Bertz CT molecular complexity index is 1130. The van der Waals surface area contributed by atoms with Crippen molar-refractivity contribution in [1.29, 1.82) is 0 Å². The number of rotatable bonds is 8. The number of aromatic nitrogens is 3. The molecular weight excluding hydrogens is 412 g/mol. The number of methoxy groups -OCH3 is 1. The van der Waals surface area contributed by atoms with Crippen LogP contribution in [0.4, 0.5) is 5.69 Å². The highest BCUT2D eigenvalue weighted by molar-refractivity contribution is 8.00. The fourth-order valence-corrected chi connectivity index (χ4v) is 3.86. The van der Waals surface area contributed by atoms with E-state index in [2.05, 4.69) is 15.5 Å². The van der Waals surface area contributed by atoms with Crippen molar-refractivity contribution in [2.75, 3.05) is 12.4 Å². The van der Waals surface area contributed by atoms with E-state index in [9.17, 15) is 4.79 Å². The van der Waals surface area contributed by atoms with Gasteiger partial charge < -0.3 is 14.5 Å². The summed E-state index contributed by atoms with van der Waals surface area (Å²) in [6.07, 6.45) is 1.63. The lowest BCUT2D eigenvalue weighted by Crippen LogP contribution is -2.23. The van der Waals surface area contributed by atoms with Crippen molar-refractivity contribution in [3.8, 4) is 17.1 Å². The van der Waals surface area contributed by atoms with Crippen molar-refractivity contribution in [3.63, 3.8) is 0 Å². The van der Waals surface area contributed by atoms with Crippen LogP contribution < -0.4 is 10.1 Å². The molecule has 0 radical (unpaired) electrons. The Labute approximate surface area is 184 Å². The standard InChI is InChI=1S/C23H22N4O3S/c1-16(22(28)24-18-7-4-3-5-8-18)31-23-26-25-21(17-10-12-19(29-2)13-11-17)27(23)15-20-9-6-14-30-20/h3-14,16H,15H2,1-2H3,(H,24,28). The summed E-state index contributed by atoms with van der Waals surface area (Å²) in [5, 5.41) is 12.0. The van der Waals surface area contributed by atoms with Gasteiger partial charge >= 0.3 is 0 Å². The number of hydrogen-bond donors (Lipinski definition) is 1. The van der Waals surface area contributed by atoms with Gasteiger partial charge in [-0.15, -0.1) is 10.2 Å². The number of para-hydroxylation sites is 1. The molecule has 1 amide bonds. The zero-order valence-corrected chi connectivity index (χ0v) is 18.0. The maximum Gasteiger partial charge on any atom is 0.237 e. The van der Waals surface area contributed by atoms with Crippen molar-refractivity contribution < 1.29 is 13.9 Å². The number of anilines is 1. The first-order valence-electron chi connectivity index (χ1n) is 9.76. The van der Waals surface area contributed by atoms with E-state index in [1.54, 1.807) is 13.4 Å². The zero-order chi connectivity index (χ0) is 21.6. The molecule has 0 bridgehead atoms. The number of carbonyl (C=O) groups is 1. The van der Waals surface area contributed by atoms with E-state index in [0.717, 1.165) is 22.8 Å². The molecule has 0 aliphatic rings. The third-order valence-electron chi connectivity index (χ3n) is 4.65. The van der Waals surface area contributed by atoms with Crippen LogP contribution in [0.5, 0.6) is 5.75 Å². The van der Waals surface area contributed by atoms with Crippen molar-refractivity contribution in [3.05, 3.63) is 78.8 Å². The van der Waals surface area contributed by atoms with E-state index in [4.69, 9.17) is 9.15 Å². The summed E-state index contributed by atoms with van der Waals surface area (Å²) in [6.45, 7) is 2.30. The summed E-state index contributed by atoms with van der Waals surface area (Å²) in [5.41, 5.74) is 1.66. The minimum atomic E-state index is -0.372. The van der Waals surface area contributed by atoms with Gasteiger partial charge in [0.05, 0.1) is 25.2 Å². The molecule has 1 N–H and O–H groups in total. The second-order valence-electron chi connectivity index (χ2n) is 6.82. The summed E-state index contributed by atoms with van der Waals surface area (Å²) < 4.78 is 12.7. The SMILES string of the molecule is COc1ccc(-c2nnc(SC(C)C(=O)Nc3ccccc3)n2Cc2ccco2)cc1. The first kappa shape index (κ1) is 20.7. The second kappa shape index (κ2) is 9.53. The quantitative estimate of drug-likeness (QED) is 0.404. The summed E-state index contributed by atoms with van der Waals surface area (Å²) in [7, 11) is 1.63. The number of thioether (sulfide) groups is 1. The maximum atomic E-state index is 12.7. The van der Waals surface area contributed by atoms with Crippen LogP contribution >= 0.6 is 11.8 Å². The largest absolute Gasteiger partial charge is 0.497 e. The molecule has 1 unspecified atom stereocenters. The molecule has 0 aliphatic heterocycles. The van der Waals surface area contributed by atoms with Crippen molar-refractivity contribution in [2.45, 2.75) is 23.9 Å². The smallest absolute Gasteiger partial charge is 0.237 e. The third-order valence-corrected chi connectivity index (χ3v) is 5.73. The van der Waals surface area contributed by atoms with Crippen LogP contribution in [-0.4, -0.2) is 33.0 Å². The van der Waals surface area contributed by atoms with Crippen LogP contribution in [0.15, 0.2) is 82.6 Å².